The van der Waals surface area contributed by atoms with Gasteiger partial charge >= 0.3 is 6.18 Å². The number of piperidine rings is 1. The zero-order valence-corrected chi connectivity index (χ0v) is 9.20. The highest BCUT2D eigenvalue weighted by Crippen LogP contribution is 2.57. The maximum absolute atomic E-state index is 12.3. The van der Waals surface area contributed by atoms with Crippen molar-refractivity contribution in [2.75, 3.05) is 13.1 Å². The van der Waals surface area contributed by atoms with E-state index >= 15 is 0 Å². The molecule has 2 fully saturated rings. The Hall–Kier alpha value is -0.490. The van der Waals surface area contributed by atoms with Crippen molar-refractivity contribution in [2.45, 2.75) is 25.1 Å². The first kappa shape index (κ1) is 12.0. The molecule has 3 nitrogen and oxygen atoms in total. The van der Waals surface area contributed by atoms with Crippen LogP contribution < -0.4 is 5.32 Å². The standard InChI is InChI=1S/C9H11F3N2O.ClH/c10-9(11,12)7-1-6(14-15-7)8-2-5(8)3-13-4-8;/h5,7,13H,1-4H2;1H. The molecule has 2 aliphatic heterocycles. The van der Waals surface area contributed by atoms with Crippen LogP contribution in [0.25, 0.3) is 0 Å². The molecular weight excluding hydrogens is 245 g/mol. The fourth-order valence-corrected chi connectivity index (χ4v) is 2.64. The zero-order valence-electron chi connectivity index (χ0n) is 8.38. The van der Waals surface area contributed by atoms with Crippen molar-refractivity contribution in [3.05, 3.63) is 0 Å². The number of oxime groups is 1. The van der Waals surface area contributed by atoms with Crippen molar-refractivity contribution in [3.8, 4) is 0 Å². The number of fused-ring (bicyclic) bond motifs is 1. The number of nitrogens with zero attached hydrogens (tertiary/aromatic N) is 1. The summed E-state index contributed by atoms with van der Waals surface area (Å²) in [5.41, 5.74) is 0.514. The predicted octanol–water partition coefficient (Wildman–Crippen LogP) is 1.72. The minimum absolute atomic E-state index is 0. The van der Waals surface area contributed by atoms with Crippen molar-refractivity contribution >= 4 is 18.1 Å². The van der Waals surface area contributed by atoms with E-state index in [0.717, 1.165) is 19.5 Å². The van der Waals surface area contributed by atoms with Gasteiger partial charge in [0.1, 0.15) is 0 Å². The third-order valence-corrected chi connectivity index (χ3v) is 3.67. The van der Waals surface area contributed by atoms with E-state index < -0.39 is 12.3 Å². The van der Waals surface area contributed by atoms with E-state index in [9.17, 15) is 13.2 Å². The van der Waals surface area contributed by atoms with Crippen molar-refractivity contribution in [1.29, 1.82) is 0 Å². The Labute approximate surface area is 96.8 Å². The van der Waals surface area contributed by atoms with E-state index in [0.29, 0.717) is 11.6 Å². The quantitative estimate of drug-likeness (QED) is 0.775. The molecule has 3 unspecified atom stereocenters. The summed E-state index contributed by atoms with van der Waals surface area (Å²) in [5, 5.41) is 6.81. The topological polar surface area (TPSA) is 33.6 Å². The van der Waals surface area contributed by atoms with Gasteiger partial charge in [0.05, 0.1) is 5.71 Å². The summed E-state index contributed by atoms with van der Waals surface area (Å²) >= 11 is 0. The van der Waals surface area contributed by atoms with E-state index in [-0.39, 0.29) is 24.2 Å². The fraction of sp³-hybridized carbons (Fsp3) is 0.889. The zero-order chi connectivity index (χ0) is 10.7. The monoisotopic (exact) mass is 256 g/mol. The van der Waals surface area contributed by atoms with Crippen LogP contribution in [0.2, 0.25) is 0 Å². The minimum Gasteiger partial charge on any atom is -0.382 e. The normalized spacial score (nSPS) is 40.8. The minimum atomic E-state index is -4.29. The number of halogens is 4. The van der Waals surface area contributed by atoms with Crippen LogP contribution in [0, 0.1) is 11.3 Å². The molecule has 1 aliphatic carbocycles. The van der Waals surface area contributed by atoms with Crippen LogP contribution in [0.3, 0.4) is 0 Å². The number of alkyl halides is 3. The Morgan fingerprint density at radius 3 is 2.62 bits per heavy atom. The summed E-state index contributed by atoms with van der Waals surface area (Å²) < 4.78 is 37.0. The molecule has 92 valence electrons. The summed E-state index contributed by atoms with van der Waals surface area (Å²) in [6.07, 6.45) is -5.13. The molecule has 0 aromatic rings. The second-order valence-corrected chi connectivity index (χ2v) is 4.57. The van der Waals surface area contributed by atoms with Gasteiger partial charge in [0.2, 0.25) is 6.10 Å². The van der Waals surface area contributed by atoms with Gasteiger partial charge in [-0.25, -0.2) is 0 Å². The molecule has 7 heteroatoms. The van der Waals surface area contributed by atoms with Gasteiger partial charge in [0.15, 0.2) is 0 Å². The average Bonchev–Trinajstić information content (AvgIpc) is 2.63. The van der Waals surface area contributed by atoms with Gasteiger partial charge in [0.25, 0.3) is 0 Å². The van der Waals surface area contributed by atoms with Gasteiger partial charge in [-0.15, -0.1) is 12.4 Å². The largest absolute Gasteiger partial charge is 0.428 e. The molecule has 0 amide bonds. The van der Waals surface area contributed by atoms with Crippen molar-refractivity contribution < 1.29 is 18.0 Å². The lowest BCUT2D eigenvalue weighted by atomic mass is 9.95. The second-order valence-electron chi connectivity index (χ2n) is 4.57. The number of rotatable bonds is 1. The van der Waals surface area contributed by atoms with Gasteiger partial charge in [0, 0.05) is 18.4 Å². The van der Waals surface area contributed by atoms with Gasteiger partial charge < -0.3 is 10.2 Å². The second kappa shape index (κ2) is 3.50. The highest BCUT2D eigenvalue weighted by atomic mass is 35.5. The highest BCUT2D eigenvalue weighted by Gasteiger charge is 2.63. The van der Waals surface area contributed by atoms with Crippen LogP contribution in [-0.4, -0.2) is 31.1 Å². The van der Waals surface area contributed by atoms with Crippen LogP contribution in [0.15, 0.2) is 5.16 Å². The van der Waals surface area contributed by atoms with Gasteiger partial charge in [-0.2, -0.15) is 13.2 Å². The van der Waals surface area contributed by atoms with Crippen molar-refractivity contribution in [1.82, 2.24) is 5.32 Å². The molecule has 3 aliphatic rings. The smallest absolute Gasteiger partial charge is 0.382 e. The maximum Gasteiger partial charge on any atom is 0.428 e. The van der Waals surface area contributed by atoms with Crippen LogP contribution in [0.4, 0.5) is 13.2 Å². The molecule has 0 bridgehead atoms. The van der Waals surface area contributed by atoms with Gasteiger partial charge in [-0.05, 0) is 18.9 Å². The number of nitrogens with one attached hydrogen (secondary N) is 1. The molecule has 1 N–H and O–H groups in total. The molecule has 1 saturated heterocycles. The first-order valence-electron chi connectivity index (χ1n) is 5.03. The van der Waals surface area contributed by atoms with E-state index in [4.69, 9.17) is 0 Å². The first-order chi connectivity index (χ1) is 7.02. The number of hydrogen-bond donors (Lipinski definition) is 1. The number of hydrogen-bond acceptors (Lipinski definition) is 3. The maximum atomic E-state index is 12.3. The lowest BCUT2D eigenvalue weighted by molar-refractivity contribution is -0.212. The highest BCUT2D eigenvalue weighted by molar-refractivity contribution is 5.94. The van der Waals surface area contributed by atoms with E-state index in [1.165, 1.54) is 0 Å². The van der Waals surface area contributed by atoms with Gasteiger partial charge in [-0.1, -0.05) is 5.16 Å². The van der Waals surface area contributed by atoms with E-state index in [1.54, 1.807) is 0 Å². The average molecular weight is 257 g/mol. The molecule has 3 rings (SSSR count). The Morgan fingerprint density at radius 1 is 1.44 bits per heavy atom. The summed E-state index contributed by atoms with van der Waals surface area (Å²) in [4.78, 5) is 4.47. The van der Waals surface area contributed by atoms with Crippen LogP contribution in [0.5, 0.6) is 0 Å². The van der Waals surface area contributed by atoms with Crippen LogP contribution >= 0.6 is 12.4 Å². The van der Waals surface area contributed by atoms with Crippen molar-refractivity contribution in [3.63, 3.8) is 0 Å². The third kappa shape index (κ3) is 1.59. The lowest BCUT2D eigenvalue weighted by Crippen LogP contribution is -2.31. The van der Waals surface area contributed by atoms with E-state index in [1.807, 2.05) is 0 Å². The Kier molecular flexibility index (Phi) is 2.62. The Bertz CT molecular complexity index is 333. The molecule has 0 aromatic heterocycles. The molecule has 0 spiro atoms. The summed E-state index contributed by atoms with van der Waals surface area (Å²) in [5.74, 6) is 0.479. The SMILES string of the molecule is Cl.FC(F)(F)C1CC(C23CNCC2C3)=NO1. The fourth-order valence-electron chi connectivity index (χ4n) is 2.64. The Morgan fingerprint density at radius 2 is 2.19 bits per heavy atom. The molecule has 16 heavy (non-hydrogen) atoms. The summed E-state index contributed by atoms with van der Waals surface area (Å²) in [6.45, 7) is 1.65. The summed E-state index contributed by atoms with van der Waals surface area (Å²) in [7, 11) is 0. The molecule has 1 saturated carbocycles. The van der Waals surface area contributed by atoms with Crippen LogP contribution in [-0.2, 0) is 4.84 Å². The molecule has 0 aromatic carbocycles. The molecular formula is C9H12ClF3N2O. The van der Waals surface area contributed by atoms with E-state index in [2.05, 4.69) is 15.3 Å². The Balaban J connectivity index is 0.000000963. The molecule has 2 heterocycles. The lowest BCUT2D eigenvalue weighted by Gasteiger charge is -2.13. The molecule has 0 radical (unpaired) electrons. The van der Waals surface area contributed by atoms with Crippen molar-refractivity contribution in [2.24, 2.45) is 16.5 Å². The summed E-state index contributed by atoms with van der Waals surface area (Å²) in [6, 6.07) is 0. The molecule has 3 atom stereocenters. The van der Waals surface area contributed by atoms with Crippen LogP contribution in [0.1, 0.15) is 12.8 Å². The third-order valence-electron chi connectivity index (χ3n) is 3.67. The van der Waals surface area contributed by atoms with Gasteiger partial charge in [-0.3, -0.25) is 0 Å². The predicted molar refractivity (Wildman–Crippen MR) is 53.6 cm³/mol. The first-order valence-corrected chi connectivity index (χ1v) is 5.03.